The number of hydrogen-bond donors (Lipinski definition) is 0. The molecule has 0 aliphatic carbocycles. The van der Waals surface area contributed by atoms with Gasteiger partial charge < -0.3 is 14.5 Å². The maximum absolute atomic E-state index is 13.3. The lowest BCUT2D eigenvalue weighted by Crippen LogP contribution is -2.44. The number of likely N-dealkylation sites (tertiary alicyclic amines) is 2. The van der Waals surface area contributed by atoms with E-state index in [1.807, 2.05) is 36.2 Å². The molecule has 5 heteroatoms. The summed E-state index contributed by atoms with van der Waals surface area (Å²) < 4.78 is 5.22. The molecule has 1 amide bonds. The van der Waals surface area contributed by atoms with Crippen molar-refractivity contribution in [2.24, 2.45) is 5.41 Å². The predicted octanol–water partition coefficient (Wildman–Crippen LogP) is 2.85. The Bertz CT molecular complexity index is 623. The average molecular weight is 374 g/mol. The van der Waals surface area contributed by atoms with Gasteiger partial charge in [-0.2, -0.15) is 0 Å². The number of benzene rings is 1. The fourth-order valence-electron chi connectivity index (χ4n) is 4.70. The summed E-state index contributed by atoms with van der Waals surface area (Å²) >= 11 is 0. The Morgan fingerprint density at radius 1 is 1.26 bits per heavy atom. The van der Waals surface area contributed by atoms with Crippen LogP contribution in [0.5, 0.6) is 5.75 Å². The summed E-state index contributed by atoms with van der Waals surface area (Å²) in [5.74, 6) is 1.12. The highest BCUT2D eigenvalue weighted by atomic mass is 16.5. The van der Waals surface area contributed by atoms with E-state index in [1.54, 1.807) is 7.11 Å². The molecule has 2 fully saturated rings. The minimum absolute atomic E-state index is 0.0385. The summed E-state index contributed by atoms with van der Waals surface area (Å²) in [5.41, 5.74) is 1.48. The quantitative estimate of drug-likeness (QED) is 0.768. The molecular formula is C22H35N3O2. The van der Waals surface area contributed by atoms with E-state index < -0.39 is 0 Å². The second-order valence-corrected chi connectivity index (χ2v) is 8.54. The van der Waals surface area contributed by atoms with Crippen LogP contribution in [0, 0.1) is 5.41 Å². The summed E-state index contributed by atoms with van der Waals surface area (Å²) in [6, 6.07) is 8.04. The van der Waals surface area contributed by atoms with E-state index in [-0.39, 0.29) is 11.9 Å². The number of rotatable bonds is 6. The first-order valence-electron chi connectivity index (χ1n) is 10.3. The molecule has 150 valence electrons. The number of carbonyl (C=O) groups excluding carboxylic acids is 1. The van der Waals surface area contributed by atoms with E-state index in [1.165, 1.54) is 12.8 Å². The molecule has 0 aromatic heterocycles. The van der Waals surface area contributed by atoms with Gasteiger partial charge in [-0.3, -0.25) is 9.69 Å². The zero-order valence-electron chi connectivity index (χ0n) is 17.4. The van der Waals surface area contributed by atoms with Crippen molar-refractivity contribution in [3.8, 4) is 5.75 Å². The zero-order valence-corrected chi connectivity index (χ0v) is 17.4. The highest BCUT2D eigenvalue weighted by Gasteiger charge is 2.47. The maximum Gasteiger partial charge on any atom is 0.239 e. The zero-order chi connectivity index (χ0) is 19.4. The Morgan fingerprint density at radius 2 is 1.93 bits per heavy atom. The Labute approximate surface area is 164 Å². The van der Waals surface area contributed by atoms with Gasteiger partial charge in [-0.25, -0.2) is 0 Å². The minimum atomic E-state index is 0.0385. The lowest BCUT2D eigenvalue weighted by Gasteiger charge is -2.37. The number of carbonyl (C=O) groups is 1. The summed E-state index contributed by atoms with van der Waals surface area (Å²) in [7, 11) is 5.82. The molecule has 2 heterocycles. The Kier molecular flexibility index (Phi) is 6.43. The molecule has 1 atom stereocenters. The molecule has 0 radical (unpaired) electrons. The normalized spacial score (nSPS) is 22.9. The summed E-state index contributed by atoms with van der Waals surface area (Å²) in [6.07, 6.45) is 4.56. The van der Waals surface area contributed by atoms with Gasteiger partial charge in [-0.15, -0.1) is 0 Å². The van der Waals surface area contributed by atoms with Crippen LogP contribution in [0.25, 0.3) is 0 Å². The van der Waals surface area contributed by atoms with E-state index in [2.05, 4.69) is 23.8 Å². The molecule has 1 unspecified atom stereocenters. The first kappa shape index (κ1) is 20.2. The highest BCUT2D eigenvalue weighted by Crippen LogP contribution is 2.43. The average Bonchev–Trinajstić information content (AvgIpc) is 3.03. The maximum atomic E-state index is 13.3. The summed E-state index contributed by atoms with van der Waals surface area (Å²) in [6.45, 7) is 7.27. The van der Waals surface area contributed by atoms with Gasteiger partial charge in [0.1, 0.15) is 5.75 Å². The van der Waals surface area contributed by atoms with Crippen LogP contribution in [0.2, 0.25) is 0 Å². The van der Waals surface area contributed by atoms with Crippen LogP contribution in [0.15, 0.2) is 24.3 Å². The molecule has 1 spiro atoms. The van der Waals surface area contributed by atoms with Crippen molar-refractivity contribution >= 4 is 5.91 Å². The Morgan fingerprint density at radius 3 is 2.52 bits per heavy atom. The van der Waals surface area contributed by atoms with Crippen molar-refractivity contribution in [2.75, 3.05) is 47.4 Å². The number of hydrogen-bond acceptors (Lipinski definition) is 4. The van der Waals surface area contributed by atoms with E-state index in [0.29, 0.717) is 12.0 Å². The SMILES string of the molecule is CCCN1CC2(CCN(C)CC2)CC1C(=O)N(C)Cc1ccc(OC)cc1. The topological polar surface area (TPSA) is 36.0 Å². The molecule has 1 aromatic carbocycles. The predicted molar refractivity (Wildman–Crippen MR) is 109 cm³/mol. The molecule has 2 saturated heterocycles. The molecular weight excluding hydrogens is 338 g/mol. The van der Waals surface area contributed by atoms with E-state index in [4.69, 9.17) is 4.74 Å². The van der Waals surface area contributed by atoms with Crippen LogP contribution in [-0.2, 0) is 11.3 Å². The van der Waals surface area contributed by atoms with Crippen LogP contribution in [0.1, 0.15) is 38.2 Å². The van der Waals surface area contributed by atoms with Gasteiger partial charge in [0.15, 0.2) is 0 Å². The van der Waals surface area contributed by atoms with E-state index >= 15 is 0 Å². The monoisotopic (exact) mass is 373 g/mol. The second kappa shape index (κ2) is 8.61. The van der Waals surface area contributed by atoms with Gasteiger partial charge in [-0.1, -0.05) is 19.1 Å². The van der Waals surface area contributed by atoms with Crippen LogP contribution in [-0.4, -0.2) is 74.0 Å². The lowest BCUT2D eigenvalue weighted by atomic mass is 9.76. The van der Waals surface area contributed by atoms with Crippen LogP contribution in [0.4, 0.5) is 0 Å². The Hall–Kier alpha value is -1.59. The Balaban J connectivity index is 1.67. The molecule has 5 nitrogen and oxygen atoms in total. The molecule has 27 heavy (non-hydrogen) atoms. The number of piperidine rings is 1. The number of likely N-dealkylation sites (N-methyl/N-ethyl adjacent to an activating group) is 1. The number of nitrogens with zero attached hydrogens (tertiary/aromatic N) is 3. The van der Waals surface area contributed by atoms with Gasteiger partial charge in [0.2, 0.25) is 5.91 Å². The highest BCUT2D eigenvalue weighted by molar-refractivity contribution is 5.82. The third-order valence-corrected chi connectivity index (χ3v) is 6.40. The third-order valence-electron chi connectivity index (χ3n) is 6.40. The standard InChI is InChI=1S/C22H35N3O2/c1-5-12-25-17-22(10-13-23(2)14-11-22)15-20(25)21(26)24(3)16-18-6-8-19(27-4)9-7-18/h6-9,20H,5,10-17H2,1-4H3. The van der Waals surface area contributed by atoms with Crippen molar-refractivity contribution in [1.82, 2.24) is 14.7 Å². The molecule has 2 aliphatic heterocycles. The number of methoxy groups -OCH3 is 1. The first-order valence-corrected chi connectivity index (χ1v) is 10.3. The fraction of sp³-hybridized carbons (Fsp3) is 0.682. The van der Waals surface area contributed by atoms with Gasteiger partial charge >= 0.3 is 0 Å². The lowest BCUT2D eigenvalue weighted by molar-refractivity contribution is -0.135. The van der Waals surface area contributed by atoms with Crippen molar-refractivity contribution in [3.63, 3.8) is 0 Å². The van der Waals surface area contributed by atoms with Crippen LogP contribution in [0.3, 0.4) is 0 Å². The molecule has 0 bridgehead atoms. The molecule has 0 N–H and O–H groups in total. The third kappa shape index (κ3) is 4.64. The number of amides is 1. The van der Waals surface area contributed by atoms with Crippen LogP contribution >= 0.6 is 0 Å². The van der Waals surface area contributed by atoms with Gasteiger partial charge in [0.25, 0.3) is 0 Å². The molecule has 3 rings (SSSR count). The van der Waals surface area contributed by atoms with E-state index in [0.717, 1.165) is 50.3 Å². The van der Waals surface area contributed by atoms with Crippen molar-refractivity contribution in [1.29, 1.82) is 0 Å². The van der Waals surface area contributed by atoms with Crippen molar-refractivity contribution in [2.45, 2.75) is 45.2 Å². The summed E-state index contributed by atoms with van der Waals surface area (Å²) in [4.78, 5) is 20.1. The second-order valence-electron chi connectivity index (χ2n) is 8.54. The largest absolute Gasteiger partial charge is 0.497 e. The smallest absolute Gasteiger partial charge is 0.239 e. The van der Waals surface area contributed by atoms with E-state index in [9.17, 15) is 4.79 Å². The minimum Gasteiger partial charge on any atom is -0.497 e. The van der Waals surface area contributed by atoms with Crippen molar-refractivity contribution in [3.05, 3.63) is 29.8 Å². The molecule has 2 aliphatic rings. The van der Waals surface area contributed by atoms with Gasteiger partial charge in [-0.05, 0) is 75.5 Å². The van der Waals surface area contributed by atoms with Gasteiger partial charge in [0.05, 0.1) is 13.2 Å². The number of ether oxygens (including phenoxy) is 1. The van der Waals surface area contributed by atoms with Crippen LogP contribution < -0.4 is 4.74 Å². The summed E-state index contributed by atoms with van der Waals surface area (Å²) in [5, 5.41) is 0. The molecule has 1 aromatic rings. The van der Waals surface area contributed by atoms with Gasteiger partial charge in [0, 0.05) is 20.1 Å². The molecule has 0 saturated carbocycles. The fourth-order valence-corrected chi connectivity index (χ4v) is 4.70. The first-order chi connectivity index (χ1) is 13.0. The van der Waals surface area contributed by atoms with Crippen molar-refractivity contribution < 1.29 is 9.53 Å².